The summed E-state index contributed by atoms with van der Waals surface area (Å²) < 4.78 is 1.25. The maximum Gasteiger partial charge on any atom is 0.0640 e. The van der Waals surface area contributed by atoms with Crippen molar-refractivity contribution < 1.29 is 0 Å². The standard InChI is InChI=1S/C36H34N2S.C5H10.2C2H6.CH4/c1-6-8-10-17-27(3)28(4)18-13-14-25-37-30-19-15-22-32(26-30)38(31-20-11-9-12-21-31)34-24-16-23-33-29(5)35(7-2)39-36(33)34;1-3-5-4-2;2*1-2;/h6-26,37H,1-2,4H2,3,5H3;3,5H,4H2,1-2H3;2*1-2H3;1H4/b10-8-,18-13-,25-14-,27-17+;5-3-;;;. The highest BCUT2D eigenvalue weighted by atomic mass is 32.1. The van der Waals surface area contributed by atoms with Gasteiger partial charge in [-0.25, -0.2) is 0 Å². The third kappa shape index (κ3) is 14.0. The Kier molecular flexibility index (Phi) is 23.5. The van der Waals surface area contributed by atoms with Crippen molar-refractivity contribution in [3.63, 3.8) is 0 Å². The van der Waals surface area contributed by atoms with Crippen molar-refractivity contribution >= 4 is 50.2 Å². The molecule has 0 unspecified atom stereocenters. The number of hydrogen-bond donors (Lipinski definition) is 1. The summed E-state index contributed by atoms with van der Waals surface area (Å²) in [6.07, 6.45) is 22.8. The number of aryl methyl sites for hydroxylation is 1. The van der Waals surface area contributed by atoms with Crippen LogP contribution in [0.4, 0.5) is 22.7 Å². The fourth-order valence-corrected chi connectivity index (χ4v) is 5.64. The lowest BCUT2D eigenvalue weighted by Gasteiger charge is -2.26. The number of nitrogens with zero attached hydrogens (tertiary/aromatic N) is 1. The van der Waals surface area contributed by atoms with Crippen LogP contribution in [-0.4, -0.2) is 0 Å². The number of rotatable bonds is 12. The molecule has 260 valence electrons. The third-order valence-electron chi connectivity index (χ3n) is 6.85. The first-order chi connectivity index (χ1) is 23.4. The minimum Gasteiger partial charge on any atom is -0.362 e. The summed E-state index contributed by atoms with van der Waals surface area (Å²) >= 11 is 1.79. The molecule has 0 amide bonds. The van der Waals surface area contributed by atoms with Crippen molar-refractivity contribution in [3.8, 4) is 0 Å². The lowest BCUT2D eigenvalue weighted by molar-refractivity contribution is 1.22. The number of benzene rings is 3. The maximum absolute atomic E-state index is 4.13. The second-order valence-electron chi connectivity index (χ2n) is 10.0. The molecule has 0 aliphatic rings. The van der Waals surface area contributed by atoms with Crippen molar-refractivity contribution in [2.24, 2.45) is 0 Å². The van der Waals surface area contributed by atoms with Crippen LogP contribution in [0.5, 0.6) is 0 Å². The fourth-order valence-electron chi connectivity index (χ4n) is 4.48. The predicted octanol–water partition coefficient (Wildman–Crippen LogP) is 15.7. The molecule has 4 aromatic rings. The Morgan fingerprint density at radius 1 is 0.857 bits per heavy atom. The highest BCUT2D eigenvalue weighted by molar-refractivity contribution is 7.20. The fraction of sp³-hybridized carbons (Fsp3) is 0.217. The Hall–Kier alpha value is -4.86. The van der Waals surface area contributed by atoms with E-state index in [2.05, 4.69) is 123 Å². The molecular weight excluding hydrogens is 613 g/mol. The van der Waals surface area contributed by atoms with E-state index in [9.17, 15) is 0 Å². The van der Waals surface area contributed by atoms with Gasteiger partial charge in [0.2, 0.25) is 0 Å². The average Bonchev–Trinajstić information content (AvgIpc) is 3.47. The van der Waals surface area contributed by atoms with Crippen molar-refractivity contribution in [3.05, 3.63) is 175 Å². The Morgan fingerprint density at radius 2 is 1.53 bits per heavy atom. The molecule has 0 fully saturated rings. The van der Waals surface area contributed by atoms with E-state index < -0.39 is 0 Å². The summed E-state index contributed by atoms with van der Waals surface area (Å²) in [5.74, 6) is 0. The van der Waals surface area contributed by atoms with E-state index in [-0.39, 0.29) is 7.43 Å². The quantitative estimate of drug-likeness (QED) is 0.119. The Bertz CT molecular complexity index is 1690. The zero-order valence-corrected chi connectivity index (χ0v) is 31.3. The smallest absolute Gasteiger partial charge is 0.0640 e. The van der Waals surface area contributed by atoms with Gasteiger partial charge in [0.15, 0.2) is 0 Å². The molecule has 1 aromatic heterocycles. The lowest BCUT2D eigenvalue weighted by atomic mass is 10.1. The SMILES string of the molecule is C.C/C=C\CC.C=C/C=C\C=C(/C)C(=C)/C=C\C=C/Nc1cccc(N(c2ccccc2)c2cccc3c(C)c(C=C)sc23)c1.CC.CC. The van der Waals surface area contributed by atoms with E-state index in [1.165, 1.54) is 20.5 Å². The van der Waals surface area contributed by atoms with Crippen LogP contribution in [0.3, 0.4) is 0 Å². The molecule has 0 aliphatic carbocycles. The van der Waals surface area contributed by atoms with Crippen LogP contribution in [0, 0.1) is 6.92 Å². The first kappa shape index (κ1) is 44.1. The summed E-state index contributed by atoms with van der Waals surface area (Å²) in [5.41, 5.74) is 7.69. The minimum absolute atomic E-state index is 0. The maximum atomic E-state index is 4.13. The summed E-state index contributed by atoms with van der Waals surface area (Å²) in [6.45, 7) is 28.2. The monoisotopic (exact) mass is 672 g/mol. The number of para-hydroxylation sites is 1. The number of fused-ring (bicyclic) bond motifs is 1. The predicted molar refractivity (Wildman–Crippen MR) is 230 cm³/mol. The van der Waals surface area contributed by atoms with Crippen LogP contribution in [0.25, 0.3) is 16.2 Å². The second-order valence-corrected chi connectivity index (χ2v) is 11.1. The van der Waals surface area contributed by atoms with Gasteiger partial charge in [0.1, 0.15) is 0 Å². The molecular formula is C46H60N2S. The van der Waals surface area contributed by atoms with Gasteiger partial charge < -0.3 is 10.2 Å². The molecule has 4 rings (SSSR count). The topological polar surface area (TPSA) is 15.3 Å². The first-order valence-electron chi connectivity index (χ1n) is 16.9. The van der Waals surface area contributed by atoms with Crippen LogP contribution in [0.2, 0.25) is 0 Å². The normalized spacial score (nSPS) is 10.8. The number of thiophene rings is 1. The number of allylic oxidation sites excluding steroid dienone is 11. The molecule has 0 saturated carbocycles. The van der Waals surface area contributed by atoms with E-state index in [4.69, 9.17) is 0 Å². The van der Waals surface area contributed by atoms with Gasteiger partial charge in [-0.3, -0.25) is 0 Å². The molecule has 1 N–H and O–H groups in total. The van der Waals surface area contributed by atoms with Gasteiger partial charge >= 0.3 is 0 Å². The van der Waals surface area contributed by atoms with Crippen molar-refractivity contribution in [2.75, 3.05) is 10.2 Å². The Balaban J connectivity index is 0.00000208. The third-order valence-corrected chi connectivity index (χ3v) is 8.18. The molecule has 0 radical (unpaired) electrons. The summed E-state index contributed by atoms with van der Waals surface area (Å²) in [7, 11) is 0. The molecule has 1 heterocycles. The average molecular weight is 673 g/mol. The zero-order valence-electron chi connectivity index (χ0n) is 30.5. The van der Waals surface area contributed by atoms with Gasteiger partial charge in [0, 0.05) is 28.1 Å². The molecule has 0 saturated heterocycles. The van der Waals surface area contributed by atoms with Gasteiger partial charge in [-0.2, -0.15) is 0 Å². The number of hydrogen-bond acceptors (Lipinski definition) is 3. The van der Waals surface area contributed by atoms with Crippen LogP contribution >= 0.6 is 11.3 Å². The van der Waals surface area contributed by atoms with E-state index in [1.807, 2.05) is 96.3 Å². The van der Waals surface area contributed by atoms with Gasteiger partial charge in [0.25, 0.3) is 0 Å². The second kappa shape index (κ2) is 26.1. The van der Waals surface area contributed by atoms with Gasteiger partial charge in [-0.1, -0.05) is 153 Å². The van der Waals surface area contributed by atoms with Crippen LogP contribution in [0.15, 0.2) is 165 Å². The van der Waals surface area contributed by atoms with Crippen LogP contribution < -0.4 is 10.2 Å². The molecule has 3 aromatic carbocycles. The summed E-state index contributed by atoms with van der Waals surface area (Å²) in [5, 5.41) is 4.68. The molecule has 2 nitrogen and oxygen atoms in total. The Morgan fingerprint density at radius 3 is 2.14 bits per heavy atom. The van der Waals surface area contributed by atoms with Crippen molar-refractivity contribution in [1.29, 1.82) is 0 Å². The first-order valence-corrected chi connectivity index (χ1v) is 17.7. The van der Waals surface area contributed by atoms with Gasteiger partial charge in [0.05, 0.1) is 10.4 Å². The molecule has 0 aliphatic heterocycles. The lowest BCUT2D eigenvalue weighted by Crippen LogP contribution is -2.10. The van der Waals surface area contributed by atoms with E-state index in [0.717, 1.165) is 40.3 Å². The van der Waals surface area contributed by atoms with Crippen LogP contribution in [-0.2, 0) is 0 Å². The minimum atomic E-state index is 0. The Labute approximate surface area is 303 Å². The summed E-state index contributed by atoms with van der Waals surface area (Å²) in [6, 6.07) is 25.5. The molecule has 49 heavy (non-hydrogen) atoms. The molecule has 3 heteroatoms. The zero-order chi connectivity index (χ0) is 35.7. The van der Waals surface area contributed by atoms with Gasteiger partial charge in [-0.05, 0) is 91.8 Å². The van der Waals surface area contributed by atoms with Crippen molar-refractivity contribution in [1.82, 2.24) is 0 Å². The number of anilines is 4. The van der Waals surface area contributed by atoms with E-state index in [1.54, 1.807) is 17.4 Å². The van der Waals surface area contributed by atoms with Crippen molar-refractivity contribution in [2.45, 2.75) is 69.2 Å². The van der Waals surface area contributed by atoms with Crippen LogP contribution in [0.1, 0.15) is 72.8 Å². The highest BCUT2D eigenvalue weighted by Gasteiger charge is 2.18. The molecule has 0 atom stereocenters. The largest absolute Gasteiger partial charge is 0.362 e. The van der Waals surface area contributed by atoms with E-state index >= 15 is 0 Å². The molecule has 0 bridgehead atoms. The highest BCUT2D eigenvalue weighted by Crippen LogP contribution is 2.44. The summed E-state index contributed by atoms with van der Waals surface area (Å²) in [4.78, 5) is 3.53. The number of nitrogens with one attached hydrogen (secondary N) is 1. The molecule has 0 spiro atoms. The van der Waals surface area contributed by atoms with Gasteiger partial charge in [-0.15, -0.1) is 11.3 Å². The van der Waals surface area contributed by atoms with E-state index in [0.29, 0.717) is 0 Å².